The summed E-state index contributed by atoms with van der Waals surface area (Å²) in [5.74, 6) is -0.473. The molecule has 2 aromatic carbocycles. The SMILES string of the molecule is COC1CCCN(c2ccc(NS(=O)(=O)c3ccc(F)cc3)cc2)C1. The number of halogens is 1. The third kappa shape index (κ3) is 4.29. The molecule has 1 atom stereocenters. The number of nitrogens with one attached hydrogen (secondary N) is 1. The lowest BCUT2D eigenvalue weighted by atomic mass is 10.1. The minimum Gasteiger partial charge on any atom is -0.380 e. The van der Waals surface area contributed by atoms with Gasteiger partial charge in [-0.2, -0.15) is 0 Å². The summed E-state index contributed by atoms with van der Waals surface area (Å²) in [6.45, 7) is 1.79. The summed E-state index contributed by atoms with van der Waals surface area (Å²) in [6.07, 6.45) is 2.35. The number of rotatable bonds is 5. The van der Waals surface area contributed by atoms with E-state index in [0.29, 0.717) is 5.69 Å². The molecule has 0 aliphatic carbocycles. The Morgan fingerprint density at radius 2 is 1.80 bits per heavy atom. The number of benzene rings is 2. The van der Waals surface area contributed by atoms with Crippen LogP contribution in [0.1, 0.15) is 12.8 Å². The van der Waals surface area contributed by atoms with Crippen molar-refractivity contribution in [1.82, 2.24) is 0 Å². The van der Waals surface area contributed by atoms with Gasteiger partial charge in [0, 0.05) is 31.6 Å². The van der Waals surface area contributed by atoms with Crippen molar-refractivity contribution in [3.63, 3.8) is 0 Å². The lowest BCUT2D eigenvalue weighted by Crippen LogP contribution is -2.39. The van der Waals surface area contributed by atoms with Crippen molar-refractivity contribution in [3.8, 4) is 0 Å². The van der Waals surface area contributed by atoms with Crippen molar-refractivity contribution in [2.45, 2.75) is 23.8 Å². The zero-order chi connectivity index (χ0) is 17.9. The second-order valence-corrected chi connectivity index (χ2v) is 7.73. The lowest BCUT2D eigenvalue weighted by Gasteiger charge is -2.33. The minimum atomic E-state index is -3.73. The maximum Gasteiger partial charge on any atom is 0.261 e. The van der Waals surface area contributed by atoms with Gasteiger partial charge in [-0.3, -0.25) is 4.72 Å². The van der Waals surface area contributed by atoms with Gasteiger partial charge in [-0.05, 0) is 61.4 Å². The highest BCUT2D eigenvalue weighted by molar-refractivity contribution is 7.92. The highest BCUT2D eigenvalue weighted by Crippen LogP contribution is 2.24. The van der Waals surface area contributed by atoms with E-state index in [1.165, 1.54) is 12.1 Å². The standard InChI is InChI=1S/C18H21FN2O3S/c1-24-17-3-2-12-21(13-17)16-8-6-15(7-9-16)20-25(22,23)18-10-4-14(19)5-11-18/h4-11,17,20H,2-3,12-13H2,1H3. The van der Waals surface area contributed by atoms with Crippen LogP contribution in [0.25, 0.3) is 0 Å². The summed E-state index contributed by atoms with van der Waals surface area (Å²) in [7, 11) is -2.01. The zero-order valence-electron chi connectivity index (χ0n) is 14.0. The third-order valence-corrected chi connectivity index (χ3v) is 5.72. The molecule has 0 radical (unpaired) electrons. The van der Waals surface area contributed by atoms with Gasteiger partial charge in [-0.25, -0.2) is 12.8 Å². The van der Waals surface area contributed by atoms with E-state index < -0.39 is 15.8 Å². The summed E-state index contributed by atoms with van der Waals surface area (Å²) in [5, 5.41) is 0. The molecule has 1 saturated heterocycles. The number of methoxy groups -OCH3 is 1. The van der Waals surface area contributed by atoms with Gasteiger partial charge in [0.1, 0.15) is 5.82 Å². The van der Waals surface area contributed by atoms with Crippen molar-refractivity contribution < 1.29 is 17.5 Å². The summed E-state index contributed by atoms with van der Waals surface area (Å²) >= 11 is 0. The van der Waals surface area contributed by atoms with Crippen LogP contribution in [0.2, 0.25) is 0 Å². The number of hydrogen-bond acceptors (Lipinski definition) is 4. The fraction of sp³-hybridized carbons (Fsp3) is 0.333. The summed E-state index contributed by atoms with van der Waals surface area (Å²) < 4.78 is 45.5. The van der Waals surface area contributed by atoms with Crippen LogP contribution in [0.5, 0.6) is 0 Å². The van der Waals surface area contributed by atoms with E-state index in [1.54, 1.807) is 19.2 Å². The van der Waals surface area contributed by atoms with Gasteiger partial charge in [0.15, 0.2) is 0 Å². The Bertz CT molecular complexity index is 807. The van der Waals surface area contributed by atoms with Crippen molar-refractivity contribution in [2.75, 3.05) is 29.8 Å². The Hall–Kier alpha value is -2.12. The average Bonchev–Trinajstić information content (AvgIpc) is 2.62. The van der Waals surface area contributed by atoms with E-state index in [0.717, 1.165) is 43.8 Å². The zero-order valence-corrected chi connectivity index (χ0v) is 14.8. The molecule has 0 saturated carbocycles. The lowest BCUT2D eigenvalue weighted by molar-refractivity contribution is 0.0893. The molecule has 7 heteroatoms. The molecule has 0 amide bonds. The van der Waals surface area contributed by atoms with Crippen LogP contribution in [0.4, 0.5) is 15.8 Å². The first-order valence-electron chi connectivity index (χ1n) is 8.14. The molecule has 1 heterocycles. The normalized spacial score (nSPS) is 18.2. The van der Waals surface area contributed by atoms with E-state index in [-0.39, 0.29) is 11.0 Å². The van der Waals surface area contributed by atoms with Gasteiger partial charge < -0.3 is 9.64 Å². The quantitative estimate of drug-likeness (QED) is 0.885. The molecule has 0 aromatic heterocycles. The Balaban J connectivity index is 1.71. The molecular formula is C18H21FN2O3S. The molecule has 134 valence electrons. The number of hydrogen-bond donors (Lipinski definition) is 1. The van der Waals surface area contributed by atoms with Gasteiger partial charge >= 0.3 is 0 Å². The molecule has 5 nitrogen and oxygen atoms in total. The summed E-state index contributed by atoms with van der Waals surface area (Å²) in [4.78, 5) is 2.26. The number of piperidine rings is 1. The van der Waals surface area contributed by atoms with E-state index in [4.69, 9.17) is 4.74 Å². The Morgan fingerprint density at radius 3 is 2.44 bits per heavy atom. The van der Waals surface area contributed by atoms with E-state index in [9.17, 15) is 12.8 Å². The Morgan fingerprint density at radius 1 is 1.12 bits per heavy atom. The van der Waals surface area contributed by atoms with Crippen LogP contribution in [-0.4, -0.2) is 34.7 Å². The highest BCUT2D eigenvalue weighted by atomic mass is 32.2. The number of nitrogens with zero attached hydrogens (tertiary/aromatic N) is 1. The van der Waals surface area contributed by atoms with Crippen LogP contribution in [0.15, 0.2) is 53.4 Å². The maximum absolute atomic E-state index is 12.9. The van der Waals surface area contributed by atoms with E-state index in [2.05, 4.69) is 9.62 Å². The van der Waals surface area contributed by atoms with Crippen molar-refractivity contribution in [3.05, 3.63) is 54.3 Å². The highest BCUT2D eigenvalue weighted by Gasteiger charge is 2.20. The fourth-order valence-electron chi connectivity index (χ4n) is 2.93. The Kier molecular flexibility index (Phi) is 5.24. The number of ether oxygens (including phenoxy) is 1. The summed E-state index contributed by atoms with van der Waals surface area (Å²) in [6, 6.07) is 12.0. The first kappa shape index (κ1) is 17.7. The van der Waals surface area contributed by atoms with Crippen LogP contribution >= 0.6 is 0 Å². The second kappa shape index (κ2) is 7.41. The molecule has 1 aliphatic rings. The van der Waals surface area contributed by atoms with Crippen molar-refractivity contribution in [2.24, 2.45) is 0 Å². The molecule has 1 N–H and O–H groups in total. The second-order valence-electron chi connectivity index (χ2n) is 6.05. The topological polar surface area (TPSA) is 58.6 Å². The largest absolute Gasteiger partial charge is 0.380 e. The molecule has 1 aliphatic heterocycles. The minimum absolute atomic E-state index is 0.0249. The van der Waals surface area contributed by atoms with Crippen LogP contribution in [0, 0.1) is 5.82 Å². The van der Waals surface area contributed by atoms with E-state index >= 15 is 0 Å². The molecule has 25 heavy (non-hydrogen) atoms. The van der Waals surface area contributed by atoms with Crippen LogP contribution < -0.4 is 9.62 Å². The van der Waals surface area contributed by atoms with Crippen LogP contribution in [-0.2, 0) is 14.8 Å². The third-order valence-electron chi connectivity index (χ3n) is 4.32. The van der Waals surface area contributed by atoms with Crippen molar-refractivity contribution >= 4 is 21.4 Å². The van der Waals surface area contributed by atoms with Gasteiger partial charge in [-0.1, -0.05) is 0 Å². The van der Waals surface area contributed by atoms with Gasteiger partial charge in [0.2, 0.25) is 0 Å². The molecule has 1 unspecified atom stereocenters. The predicted octanol–water partition coefficient (Wildman–Crippen LogP) is 3.24. The van der Waals surface area contributed by atoms with Gasteiger partial charge in [-0.15, -0.1) is 0 Å². The van der Waals surface area contributed by atoms with Crippen molar-refractivity contribution in [1.29, 1.82) is 0 Å². The molecule has 1 fully saturated rings. The average molecular weight is 364 g/mol. The molecule has 0 bridgehead atoms. The fourth-order valence-corrected chi connectivity index (χ4v) is 3.99. The molecule has 0 spiro atoms. The van der Waals surface area contributed by atoms with Crippen LogP contribution in [0.3, 0.4) is 0 Å². The monoisotopic (exact) mass is 364 g/mol. The summed E-state index contributed by atoms with van der Waals surface area (Å²) in [5.41, 5.74) is 1.50. The number of sulfonamides is 1. The molecule has 2 aromatic rings. The molecule has 3 rings (SSSR count). The van der Waals surface area contributed by atoms with Gasteiger partial charge in [0.05, 0.1) is 11.0 Å². The number of anilines is 2. The predicted molar refractivity (Wildman–Crippen MR) is 95.9 cm³/mol. The van der Waals surface area contributed by atoms with E-state index in [1.807, 2.05) is 12.1 Å². The Labute approximate surface area is 147 Å². The van der Waals surface area contributed by atoms with Gasteiger partial charge in [0.25, 0.3) is 10.0 Å². The first-order valence-corrected chi connectivity index (χ1v) is 9.62. The maximum atomic E-state index is 12.9. The first-order chi connectivity index (χ1) is 12.0. The molecular weight excluding hydrogens is 343 g/mol. The smallest absolute Gasteiger partial charge is 0.261 e.